The highest BCUT2D eigenvalue weighted by Crippen LogP contribution is 2.20. The van der Waals surface area contributed by atoms with Crippen molar-refractivity contribution in [3.05, 3.63) is 59.7 Å². The molecular formula is C21H25N5OS. The van der Waals surface area contributed by atoms with Gasteiger partial charge in [-0.25, -0.2) is 4.98 Å². The van der Waals surface area contributed by atoms with Crippen molar-refractivity contribution in [3.63, 3.8) is 0 Å². The van der Waals surface area contributed by atoms with E-state index >= 15 is 0 Å². The first-order chi connectivity index (χ1) is 13.4. The van der Waals surface area contributed by atoms with Gasteiger partial charge in [0.15, 0.2) is 5.82 Å². The van der Waals surface area contributed by atoms with Crippen molar-refractivity contribution >= 4 is 23.4 Å². The van der Waals surface area contributed by atoms with Gasteiger partial charge in [-0.05, 0) is 24.6 Å². The van der Waals surface area contributed by atoms with Crippen LogP contribution in [0, 0.1) is 6.92 Å². The summed E-state index contributed by atoms with van der Waals surface area (Å²) in [6, 6.07) is 16.3. The molecule has 2 aromatic carbocycles. The van der Waals surface area contributed by atoms with Crippen LogP contribution in [0.25, 0.3) is 11.4 Å². The van der Waals surface area contributed by atoms with Crippen LogP contribution in [-0.4, -0.2) is 52.9 Å². The molecule has 0 bridgehead atoms. The Bertz CT molecular complexity index is 919. The van der Waals surface area contributed by atoms with Crippen LogP contribution in [0.4, 0.5) is 5.69 Å². The third kappa shape index (κ3) is 5.13. The fourth-order valence-electron chi connectivity index (χ4n) is 2.65. The number of thioether (sulfide) groups is 1. The number of hydrogen-bond donors (Lipinski definition) is 1. The van der Waals surface area contributed by atoms with Gasteiger partial charge in [-0.2, -0.15) is 0 Å². The summed E-state index contributed by atoms with van der Waals surface area (Å²) in [5.41, 5.74) is 4.42. The van der Waals surface area contributed by atoms with Crippen molar-refractivity contribution in [2.24, 2.45) is 0 Å². The van der Waals surface area contributed by atoms with Crippen LogP contribution >= 0.6 is 11.8 Å². The number of nitrogens with zero attached hydrogens (tertiary/aromatic N) is 4. The summed E-state index contributed by atoms with van der Waals surface area (Å²) >= 11 is 1.34. The maximum Gasteiger partial charge on any atom is 0.233 e. The SMILES string of the molecule is Cc1ccc(-c2nc(SCC(=O)N(C)Cc3ccc(N(C)C)cc3)n[nH]2)cc1. The van der Waals surface area contributed by atoms with E-state index in [1.165, 1.54) is 17.3 Å². The second-order valence-electron chi connectivity index (χ2n) is 6.93. The van der Waals surface area contributed by atoms with E-state index in [-0.39, 0.29) is 5.91 Å². The first-order valence-electron chi connectivity index (χ1n) is 9.05. The number of amides is 1. The largest absolute Gasteiger partial charge is 0.378 e. The average molecular weight is 396 g/mol. The van der Waals surface area contributed by atoms with Crippen molar-refractivity contribution < 1.29 is 4.79 Å². The smallest absolute Gasteiger partial charge is 0.233 e. The molecule has 0 unspecified atom stereocenters. The molecule has 146 valence electrons. The highest BCUT2D eigenvalue weighted by atomic mass is 32.2. The average Bonchev–Trinajstić information content (AvgIpc) is 3.16. The standard InChI is InChI=1S/C21H25N5OS/c1-15-5-9-17(10-6-15)20-22-21(24-23-20)28-14-19(27)26(4)13-16-7-11-18(12-8-16)25(2)3/h5-12H,13-14H2,1-4H3,(H,22,23,24). The molecule has 1 amide bonds. The van der Waals surface area contributed by atoms with Crippen LogP contribution in [0.15, 0.2) is 53.7 Å². The third-order valence-corrected chi connectivity index (χ3v) is 5.24. The zero-order valence-corrected chi connectivity index (χ0v) is 17.5. The quantitative estimate of drug-likeness (QED) is 0.619. The monoisotopic (exact) mass is 395 g/mol. The van der Waals surface area contributed by atoms with E-state index in [0.717, 1.165) is 16.8 Å². The molecule has 1 heterocycles. The summed E-state index contributed by atoms with van der Waals surface area (Å²) in [7, 11) is 5.84. The first-order valence-corrected chi connectivity index (χ1v) is 10.0. The summed E-state index contributed by atoms with van der Waals surface area (Å²) in [4.78, 5) is 20.7. The molecule has 0 atom stereocenters. The molecule has 1 aromatic heterocycles. The minimum atomic E-state index is 0.0448. The van der Waals surface area contributed by atoms with Crippen molar-refractivity contribution in [1.29, 1.82) is 0 Å². The second-order valence-corrected chi connectivity index (χ2v) is 7.87. The van der Waals surface area contributed by atoms with E-state index in [9.17, 15) is 4.79 Å². The Hall–Kier alpha value is -2.80. The number of rotatable bonds is 7. The van der Waals surface area contributed by atoms with Crippen LogP contribution in [0.3, 0.4) is 0 Å². The van der Waals surface area contributed by atoms with Gasteiger partial charge in [0.25, 0.3) is 0 Å². The van der Waals surface area contributed by atoms with Gasteiger partial charge in [-0.1, -0.05) is 53.7 Å². The Labute approximate surface area is 170 Å². The van der Waals surface area contributed by atoms with Gasteiger partial charge in [0.05, 0.1) is 5.75 Å². The van der Waals surface area contributed by atoms with E-state index in [4.69, 9.17) is 0 Å². The molecule has 3 rings (SSSR count). The van der Waals surface area contributed by atoms with Crippen LogP contribution in [0.2, 0.25) is 0 Å². The highest BCUT2D eigenvalue weighted by Gasteiger charge is 2.13. The molecule has 0 aliphatic heterocycles. The molecule has 0 saturated heterocycles. The number of aromatic amines is 1. The van der Waals surface area contributed by atoms with Gasteiger partial charge in [-0.15, -0.1) is 5.10 Å². The zero-order chi connectivity index (χ0) is 20.1. The number of hydrogen-bond acceptors (Lipinski definition) is 5. The Balaban J connectivity index is 1.52. The molecule has 7 heteroatoms. The molecule has 0 spiro atoms. The Morgan fingerprint density at radius 1 is 1.04 bits per heavy atom. The lowest BCUT2D eigenvalue weighted by atomic mass is 10.1. The lowest BCUT2D eigenvalue weighted by Crippen LogP contribution is -2.27. The van der Waals surface area contributed by atoms with Gasteiger partial charge in [-0.3, -0.25) is 9.89 Å². The lowest BCUT2D eigenvalue weighted by Gasteiger charge is -2.18. The maximum absolute atomic E-state index is 12.4. The van der Waals surface area contributed by atoms with Crippen LogP contribution < -0.4 is 4.90 Å². The van der Waals surface area contributed by atoms with Gasteiger partial charge in [0, 0.05) is 38.9 Å². The maximum atomic E-state index is 12.4. The molecule has 1 N–H and O–H groups in total. The molecule has 0 fully saturated rings. The van der Waals surface area contributed by atoms with Crippen molar-refractivity contribution in [2.75, 3.05) is 31.8 Å². The van der Waals surface area contributed by atoms with Crippen molar-refractivity contribution in [1.82, 2.24) is 20.1 Å². The summed E-state index contributed by atoms with van der Waals surface area (Å²) in [6.45, 7) is 2.62. The van der Waals surface area contributed by atoms with Gasteiger partial charge in [0.1, 0.15) is 0 Å². The zero-order valence-electron chi connectivity index (χ0n) is 16.6. The minimum absolute atomic E-state index is 0.0448. The van der Waals surface area contributed by atoms with Gasteiger partial charge in [0.2, 0.25) is 11.1 Å². The molecule has 0 aliphatic rings. The van der Waals surface area contributed by atoms with E-state index in [1.807, 2.05) is 52.3 Å². The van der Waals surface area contributed by atoms with Crippen LogP contribution in [-0.2, 0) is 11.3 Å². The van der Waals surface area contributed by atoms with E-state index in [0.29, 0.717) is 23.3 Å². The Morgan fingerprint density at radius 2 is 1.71 bits per heavy atom. The van der Waals surface area contributed by atoms with Crippen LogP contribution in [0.5, 0.6) is 0 Å². The normalized spacial score (nSPS) is 10.7. The lowest BCUT2D eigenvalue weighted by molar-refractivity contribution is -0.127. The summed E-state index contributed by atoms with van der Waals surface area (Å²) < 4.78 is 0. The van der Waals surface area contributed by atoms with E-state index in [2.05, 4.69) is 44.3 Å². The number of H-pyrrole nitrogens is 1. The third-order valence-electron chi connectivity index (χ3n) is 4.41. The number of aromatic nitrogens is 3. The van der Waals surface area contributed by atoms with Crippen molar-refractivity contribution in [2.45, 2.75) is 18.6 Å². The topological polar surface area (TPSA) is 65.1 Å². The number of nitrogens with one attached hydrogen (secondary N) is 1. The Morgan fingerprint density at radius 3 is 2.36 bits per heavy atom. The molecule has 3 aromatic rings. The highest BCUT2D eigenvalue weighted by molar-refractivity contribution is 7.99. The van der Waals surface area contributed by atoms with Crippen molar-refractivity contribution in [3.8, 4) is 11.4 Å². The number of carbonyl (C=O) groups excluding carboxylic acids is 1. The Kier molecular flexibility index (Phi) is 6.36. The minimum Gasteiger partial charge on any atom is -0.378 e. The molecule has 0 radical (unpaired) electrons. The number of anilines is 1. The summed E-state index contributed by atoms with van der Waals surface area (Å²) in [5.74, 6) is 1.06. The van der Waals surface area contributed by atoms with E-state index < -0.39 is 0 Å². The van der Waals surface area contributed by atoms with Gasteiger partial charge < -0.3 is 9.80 Å². The molecule has 6 nitrogen and oxygen atoms in total. The molecule has 0 saturated carbocycles. The van der Waals surface area contributed by atoms with Gasteiger partial charge >= 0.3 is 0 Å². The predicted molar refractivity (Wildman–Crippen MR) is 115 cm³/mol. The molecule has 0 aliphatic carbocycles. The fraction of sp³-hybridized carbons (Fsp3) is 0.286. The fourth-order valence-corrected chi connectivity index (χ4v) is 3.39. The second kappa shape index (κ2) is 8.93. The molecular weight excluding hydrogens is 370 g/mol. The predicted octanol–water partition coefficient (Wildman–Crippen LogP) is 3.60. The molecule has 28 heavy (non-hydrogen) atoms. The number of aryl methyl sites for hydroxylation is 1. The van der Waals surface area contributed by atoms with Crippen LogP contribution in [0.1, 0.15) is 11.1 Å². The summed E-state index contributed by atoms with van der Waals surface area (Å²) in [5, 5.41) is 7.72. The first kappa shape index (κ1) is 19.9. The van der Waals surface area contributed by atoms with E-state index in [1.54, 1.807) is 4.90 Å². The summed E-state index contributed by atoms with van der Waals surface area (Å²) in [6.07, 6.45) is 0. The number of benzene rings is 2. The number of carbonyl (C=O) groups is 1.